The molecule has 0 bridgehead atoms. The molecule has 2 N–H and O–H groups in total. The summed E-state index contributed by atoms with van der Waals surface area (Å²) in [5, 5.41) is 6.53. The third-order valence-corrected chi connectivity index (χ3v) is 4.70. The zero-order chi connectivity index (χ0) is 15.5. The molecule has 0 aromatic heterocycles. The molecule has 1 fully saturated rings. The molecular weight excluding hydrogens is 316 g/mol. The van der Waals surface area contributed by atoms with Crippen molar-refractivity contribution >= 4 is 18.3 Å². The molecule has 5 nitrogen and oxygen atoms in total. The summed E-state index contributed by atoms with van der Waals surface area (Å²) in [6, 6.07) is 5.97. The van der Waals surface area contributed by atoms with Crippen molar-refractivity contribution in [3.63, 3.8) is 0 Å². The van der Waals surface area contributed by atoms with Crippen LogP contribution in [-0.2, 0) is 11.2 Å². The number of carbonyl (C=O) groups is 1. The molecule has 0 radical (unpaired) electrons. The molecule has 2 aliphatic heterocycles. The van der Waals surface area contributed by atoms with Gasteiger partial charge in [0.15, 0.2) is 0 Å². The first kappa shape index (κ1) is 17.9. The van der Waals surface area contributed by atoms with Crippen LogP contribution in [0, 0.1) is 11.8 Å². The largest absolute Gasteiger partial charge is 0.497 e. The molecule has 0 spiro atoms. The fourth-order valence-electron chi connectivity index (χ4n) is 3.15. The summed E-state index contributed by atoms with van der Waals surface area (Å²) in [5.41, 5.74) is 1.04. The number of amides is 1. The molecule has 128 valence electrons. The maximum Gasteiger partial charge on any atom is 0.227 e. The van der Waals surface area contributed by atoms with E-state index in [1.54, 1.807) is 7.11 Å². The van der Waals surface area contributed by atoms with E-state index in [1.165, 1.54) is 0 Å². The van der Waals surface area contributed by atoms with Crippen LogP contribution < -0.4 is 20.1 Å². The van der Waals surface area contributed by atoms with Crippen LogP contribution in [-0.4, -0.2) is 38.8 Å². The molecular formula is C17H25ClN2O3. The number of ether oxygens (including phenoxy) is 2. The van der Waals surface area contributed by atoms with Gasteiger partial charge in [0.25, 0.3) is 0 Å². The fraction of sp³-hybridized carbons (Fsp3) is 0.588. The smallest absolute Gasteiger partial charge is 0.227 e. The van der Waals surface area contributed by atoms with Crippen molar-refractivity contribution in [1.29, 1.82) is 0 Å². The van der Waals surface area contributed by atoms with E-state index in [4.69, 9.17) is 9.47 Å². The number of fused-ring (bicyclic) bond motifs is 1. The summed E-state index contributed by atoms with van der Waals surface area (Å²) in [5.74, 6) is 2.14. The Labute approximate surface area is 143 Å². The van der Waals surface area contributed by atoms with Gasteiger partial charge in [-0.05, 0) is 49.1 Å². The number of carbonyl (C=O) groups excluding carboxylic acids is 1. The highest BCUT2D eigenvalue weighted by molar-refractivity contribution is 5.85. The Bertz CT molecular complexity index is 553. The van der Waals surface area contributed by atoms with Gasteiger partial charge >= 0.3 is 0 Å². The van der Waals surface area contributed by atoms with Gasteiger partial charge < -0.3 is 20.1 Å². The molecule has 1 aromatic rings. The number of hydrogen-bond acceptors (Lipinski definition) is 4. The highest BCUT2D eigenvalue weighted by atomic mass is 35.5. The standard InChI is InChI=1S/C17H24N2O3.ClH/c1-11-5-6-18-9-15(11)19-17(20)13-7-12-8-14(21-2)3-4-16(12)22-10-13;/h3-4,8,11,13,15,18H,5-7,9-10H2,1-2H3,(H,19,20);1H. The van der Waals surface area contributed by atoms with Gasteiger partial charge in [-0.2, -0.15) is 0 Å². The van der Waals surface area contributed by atoms with Gasteiger partial charge in [0.2, 0.25) is 5.91 Å². The van der Waals surface area contributed by atoms with Gasteiger partial charge in [-0.1, -0.05) is 6.92 Å². The lowest BCUT2D eigenvalue weighted by Crippen LogP contribution is -2.52. The number of methoxy groups -OCH3 is 1. The molecule has 3 unspecified atom stereocenters. The van der Waals surface area contributed by atoms with Crippen molar-refractivity contribution in [1.82, 2.24) is 10.6 Å². The van der Waals surface area contributed by atoms with Crippen molar-refractivity contribution in [3.8, 4) is 11.5 Å². The highest BCUT2D eigenvalue weighted by Crippen LogP contribution is 2.30. The molecule has 0 aliphatic carbocycles. The second-order valence-corrected chi connectivity index (χ2v) is 6.27. The van der Waals surface area contributed by atoms with Crippen molar-refractivity contribution in [2.45, 2.75) is 25.8 Å². The predicted molar refractivity (Wildman–Crippen MR) is 91.5 cm³/mol. The topological polar surface area (TPSA) is 59.6 Å². The summed E-state index contributed by atoms with van der Waals surface area (Å²) < 4.78 is 11.0. The van der Waals surface area contributed by atoms with E-state index in [-0.39, 0.29) is 30.3 Å². The van der Waals surface area contributed by atoms with Crippen molar-refractivity contribution in [2.24, 2.45) is 11.8 Å². The van der Waals surface area contributed by atoms with Crippen LogP contribution in [0.4, 0.5) is 0 Å². The Morgan fingerprint density at radius 3 is 3.00 bits per heavy atom. The van der Waals surface area contributed by atoms with Gasteiger partial charge in [0, 0.05) is 12.6 Å². The van der Waals surface area contributed by atoms with E-state index in [9.17, 15) is 4.79 Å². The zero-order valence-electron chi connectivity index (χ0n) is 13.6. The van der Waals surface area contributed by atoms with E-state index < -0.39 is 0 Å². The fourth-order valence-corrected chi connectivity index (χ4v) is 3.15. The second-order valence-electron chi connectivity index (χ2n) is 6.27. The Hall–Kier alpha value is -1.46. The maximum atomic E-state index is 12.5. The van der Waals surface area contributed by atoms with Crippen molar-refractivity contribution in [2.75, 3.05) is 26.8 Å². The monoisotopic (exact) mass is 340 g/mol. The minimum absolute atomic E-state index is 0. The first-order valence-corrected chi connectivity index (χ1v) is 7.98. The molecule has 2 heterocycles. The van der Waals surface area contributed by atoms with Crippen molar-refractivity contribution in [3.05, 3.63) is 23.8 Å². The van der Waals surface area contributed by atoms with Crippen LogP contribution in [0.3, 0.4) is 0 Å². The molecule has 6 heteroatoms. The van der Waals surface area contributed by atoms with Crippen LogP contribution in [0.2, 0.25) is 0 Å². The number of hydrogen-bond donors (Lipinski definition) is 2. The Morgan fingerprint density at radius 2 is 2.26 bits per heavy atom. The lowest BCUT2D eigenvalue weighted by atomic mass is 9.92. The summed E-state index contributed by atoms with van der Waals surface area (Å²) in [6.45, 7) is 4.53. The number of halogens is 1. The third-order valence-electron chi connectivity index (χ3n) is 4.70. The van der Waals surface area contributed by atoms with Gasteiger partial charge in [0.1, 0.15) is 18.1 Å². The third kappa shape index (κ3) is 4.09. The molecule has 3 atom stereocenters. The number of benzene rings is 1. The van der Waals surface area contributed by atoms with E-state index in [0.717, 1.165) is 36.6 Å². The van der Waals surface area contributed by atoms with Crippen LogP contribution >= 0.6 is 12.4 Å². The summed E-state index contributed by atoms with van der Waals surface area (Å²) in [4.78, 5) is 12.5. The molecule has 3 rings (SSSR count). The van der Waals surface area contributed by atoms with Gasteiger partial charge in [0.05, 0.1) is 13.0 Å². The summed E-state index contributed by atoms with van der Waals surface area (Å²) in [6.07, 6.45) is 1.80. The Morgan fingerprint density at radius 1 is 1.43 bits per heavy atom. The summed E-state index contributed by atoms with van der Waals surface area (Å²) >= 11 is 0. The van der Waals surface area contributed by atoms with Gasteiger partial charge in [-0.3, -0.25) is 4.79 Å². The normalized spacial score (nSPS) is 26.3. The number of piperidine rings is 1. The minimum Gasteiger partial charge on any atom is -0.497 e. The van der Waals surface area contributed by atoms with Crippen LogP contribution in [0.25, 0.3) is 0 Å². The molecule has 1 amide bonds. The molecule has 23 heavy (non-hydrogen) atoms. The maximum absolute atomic E-state index is 12.5. The first-order chi connectivity index (χ1) is 10.7. The van der Waals surface area contributed by atoms with E-state index in [2.05, 4.69) is 17.6 Å². The quantitative estimate of drug-likeness (QED) is 0.880. The average Bonchev–Trinajstić information content (AvgIpc) is 2.55. The number of nitrogens with one attached hydrogen (secondary N) is 2. The van der Waals surface area contributed by atoms with E-state index in [0.29, 0.717) is 18.9 Å². The molecule has 1 saturated heterocycles. The highest BCUT2D eigenvalue weighted by Gasteiger charge is 2.30. The minimum atomic E-state index is -0.131. The Kier molecular flexibility index (Phi) is 6.13. The number of rotatable bonds is 3. The van der Waals surface area contributed by atoms with E-state index in [1.807, 2.05) is 18.2 Å². The van der Waals surface area contributed by atoms with E-state index >= 15 is 0 Å². The van der Waals surface area contributed by atoms with Crippen LogP contribution in [0.5, 0.6) is 11.5 Å². The van der Waals surface area contributed by atoms with Gasteiger partial charge in [-0.25, -0.2) is 0 Å². The molecule has 1 aromatic carbocycles. The Balaban J connectivity index is 0.00000192. The average molecular weight is 341 g/mol. The van der Waals surface area contributed by atoms with Gasteiger partial charge in [-0.15, -0.1) is 12.4 Å². The lowest BCUT2D eigenvalue weighted by molar-refractivity contribution is -0.127. The first-order valence-electron chi connectivity index (χ1n) is 7.98. The zero-order valence-corrected chi connectivity index (χ0v) is 14.4. The molecule has 0 saturated carbocycles. The van der Waals surface area contributed by atoms with Crippen LogP contribution in [0.1, 0.15) is 18.9 Å². The SMILES string of the molecule is COc1ccc2c(c1)CC(C(=O)NC1CNCCC1C)CO2.Cl. The van der Waals surface area contributed by atoms with Crippen LogP contribution in [0.15, 0.2) is 18.2 Å². The second kappa shape index (κ2) is 7.88. The van der Waals surface area contributed by atoms with Crippen molar-refractivity contribution < 1.29 is 14.3 Å². The predicted octanol–water partition coefficient (Wildman–Crippen LogP) is 1.78. The lowest BCUT2D eigenvalue weighted by Gasteiger charge is -2.32. The summed E-state index contributed by atoms with van der Waals surface area (Å²) in [7, 11) is 1.65. The molecule has 2 aliphatic rings.